The van der Waals surface area contributed by atoms with E-state index in [0.29, 0.717) is 11.2 Å². The molecule has 1 aromatic heterocycles. The Kier molecular flexibility index (Phi) is 5.13. The number of hydrogen-bond donors (Lipinski definition) is 1. The van der Waals surface area contributed by atoms with Gasteiger partial charge in [0.2, 0.25) is 12.2 Å². The summed E-state index contributed by atoms with van der Waals surface area (Å²) in [6.07, 6.45) is 4.93. The number of aromatic nitrogens is 2. The minimum atomic E-state index is -0.365. The van der Waals surface area contributed by atoms with Crippen LogP contribution in [0.3, 0.4) is 0 Å². The van der Waals surface area contributed by atoms with Crippen molar-refractivity contribution in [2.75, 3.05) is 18.8 Å². The average Bonchev–Trinajstić information content (AvgIpc) is 2.99. The highest BCUT2D eigenvalue weighted by Gasteiger charge is 2.49. The van der Waals surface area contributed by atoms with Crippen LogP contribution < -0.4 is 5.73 Å². The van der Waals surface area contributed by atoms with Gasteiger partial charge < -0.3 is 19.9 Å². The van der Waals surface area contributed by atoms with Gasteiger partial charge in [-0.25, -0.2) is 4.79 Å². The van der Waals surface area contributed by atoms with Crippen molar-refractivity contribution in [2.45, 2.75) is 52.6 Å². The third-order valence-electron chi connectivity index (χ3n) is 4.95. The molecule has 1 aromatic carbocycles. The van der Waals surface area contributed by atoms with E-state index in [0.717, 1.165) is 29.9 Å². The molecule has 27 heavy (non-hydrogen) atoms. The van der Waals surface area contributed by atoms with Crippen LogP contribution in [-0.2, 0) is 4.74 Å². The molecule has 4 rings (SSSR count). The largest absolute Gasteiger partial charge is 0.444 e. The Bertz CT molecular complexity index is 792. The van der Waals surface area contributed by atoms with E-state index in [1.165, 1.54) is 25.7 Å². The van der Waals surface area contributed by atoms with Crippen molar-refractivity contribution in [3.8, 4) is 11.4 Å². The topological polar surface area (TPSA) is 94.5 Å². The van der Waals surface area contributed by atoms with Gasteiger partial charge in [-0.1, -0.05) is 17.3 Å². The number of amides is 1. The van der Waals surface area contributed by atoms with Crippen molar-refractivity contribution in [1.82, 2.24) is 15.0 Å². The number of nitrogens with zero attached hydrogens (tertiary/aromatic N) is 3. The standard InChI is InChI=1S/C11H19NO2.C9H9N3O/c1-10(2,3)14-9(13)12-7-6-11(8-12)4-5-11;1-6-2-3-7(4-8(6)10)9-11-5-13-12-9/h4-8H2,1-3H3;2-5H,10H2,1H3. The second kappa shape index (κ2) is 7.21. The van der Waals surface area contributed by atoms with E-state index in [1.54, 1.807) is 0 Å². The first-order valence-corrected chi connectivity index (χ1v) is 9.28. The minimum absolute atomic E-state index is 0.138. The number of carbonyl (C=O) groups is 1. The lowest BCUT2D eigenvalue weighted by Crippen LogP contribution is -2.35. The first-order valence-electron chi connectivity index (χ1n) is 9.28. The predicted molar refractivity (Wildman–Crippen MR) is 103 cm³/mol. The molecule has 1 saturated carbocycles. The van der Waals surface area contributed by atoms with Crippen molar-refractivity contribution < 1.29 is 14.1 Å². The summed E-state index contributed by atoms with van der Waals surface area (Å²) in [4.78, 5) is 17.5. The summed E-state index contributed by atoms with van der Waals surface area (Å²) < 4.78 is 9.97. The smallest absolute Gasteiger partial charge is 0.410 e. The molecule has 1 aliphatic carbocycles. The van der Waals surface area contributed by atoms with Crippen LogP contribution in [0, 0.1) is 12.3 Å². The van der Waals surface area contributed by atoms with Crippen LogP contribution in [0.15, 0.2) is 29.1 Å². The van der Waals surface area contributed by atoms with Crippen LogP contribution in [0.4, 0.5) is 10.5 Å². The monoisotopic (exact) mass is 372 g/mol. The third-order valence-corrected chi connectivity index (χ3v) is 4.95. The Morgan fingerprint density at radius 1 is 1.30 bits per heavy atom. The number of aryl methyl sites for hydroxylation is 1. The summed E-state index contributed by atoms with van der Waals surface area (Å²) in [5, 5.41) is 3.72. The predicted octanol–water partition coefficient (Wildman–Crippen LogP) is 4.03. The first-order chi connectivity index (χ1) is 12.7. The highest BCUT2D eigenvalue weighted by molar-refractivity contribution is 5.68. The van der Waals surface area contributed by atoms with E-state index in [2.05, 4.69) is 14.7 Å². The Hall–Kier alpha value is -2.57. The second-order valence-corrected chi connectivity index (χ2v) is 8.48. The van der Waals surface area contributed by atoms with Crippen LogP contribution in [0.1, 0.15) is 45.6 Å². The number of likely N-dealkylation sites (tertiary alicyclic amines) is 1. The number of carbonyl (C=O) groups excluding carboxylic acids is 1. The molecule has 2 N–H and O–H groups in total. The lowest BCUT2D eigenvalue weighted by Gasteiger charge is -2.24. The molecule has 1 spiro atoms. The van der Waals surface area contributed by atoms with Crippen molar-refractivity contribution in [2.24, 2.45) is 5.41 Å². The number of benzene rings is 1. The van der Waals surface area contributed by atoms with Crippen LogP contribution >= 0.6 is 0 Å². The third kappa shape index (κ3) is 4.99. The number of ether oxygens (including phenoxy) is 1. The Morgan fingerprint density at radius 2 is 2.04 bits per heavy atom. The molecule has 2 aliphatic rings. The number of anilines is 1. The zero-order valence-corrected chi connectivity index (χ0v) is 16.5. The Balaban J connectivity index is 0.000000156. The minimum Gasteiger partial charge on any atom is -0.444 e. The lowest BCUT2D eigenvalue weighted by atomic mass is 10.1. The van der Waals surface area contributed by atoms with Crippen molar-refractivity contribution in [3.05, 3.63) is 30.2 Å². The van der Waals surface area contributed by atoms with Gasteiger partial charge in [0.15, 0.2) is 0 Å². The van der Waals surface area contributed by atoms with Crippen LogP contribution in [-0.4, -0.2) is 39.8 Å². The molecule has 7 nitrogen and oxygen atoms in total. The maximum absolute atomic E-state index is 11.7. The van der Waals surface area contributed by atoms with Crippen molar-refractivity contribution in [1.29, 1.82) is 0 Å². The van der Waals surface area contributed by atoms with Gasteiger partial charge >= 0.3 is 6.09 Å². The molecule has 0 bridgehead atoms. The van der Waals surface area contributed by atoms with Crippen LogP contribution in [0.25, 0.3) is 11.4 Å². The molecule has 2 aromatic rings. The Morgan fingerprint density at radius 3 is 2.56 bits per heavy atom. The van der Waals surface area contributed by atoms with Gasteiger partial charge in [-0.2, -0.15) is 4.98 Å². The van der Waals surface area contributed by atoms with E-state index in [-0.39, 0.29) is 11.7 Å². The molecule has 1 saturated heterocycles. The molecule has 1 aliphatic heterocycles. The SMILES string of the molecule is CC(C)(C)OC(=O)N1CCC2(CC2)C1.Cc1ccc(-c2ncon2)cc1N. The van der Waals surface area contributed by atoms with Crippen molar-refractivity contribution >= 4 is 11.8 Å². The molecule has 1 amide bonds. The molecule has 146 valence electrons. The zero-order valence-electron chi connectivity index (χ0n) is 16.5. The summed E-state index contributed by atoms with van der Waals surface area (Å²) in [6, 6.07) is 5.68. The van der Waals surface area contributed by atoms with Gasteiger partial charge in [-0.05, 0) is 64.0 Å². The number of nitrogens with two attached hydrogens (primary N) is 1. The van der Waals surface area contributed by atoms with Gasteiger partial charge in [0.25, 0.3) is 0 Å². The molecular formula is C20H28N4O3. The summed E-state index contributed by atoms with van der Waals surface area (Å²) >= 11 is 0. The van der Waals surface area contributed by atoms with E-state index in [1.807, 2.05) is 50.8 Å². The van der Waals surface area contributed by atoms with Gasteiger partial charge in [0.05, 0.1) is 0 Å². The summed E-state index contributed by atoms with van der Waals surface area (Å²) in [5.41, 5.74) is 8.53. The van der Waals surface area contributed by atoms with E-state index >= 15 is 0 Å². The molecule has 7 heteroatoms. The van der Waals surface area contributed by atoms with E-state index in [9.17, 15) is 4.79 Å². The van der Waals surface area contributed by atoms with Crippen molar-refractivity contribution in [3.63, 3.8) is 0 Å². The fourth-order valence-corrected chi connectivity index (χ4v) is 3.08. The van der Waals surface area contributed by atoms with Crippen LogP contribution in [0.5, 0.6) is 0 Å². The van der Waals surface area contributed by atoms with Gasteiger partial charge in [0.1, 0.15) is 5.60 Å². The Labute approximate surface area is 159 Å². The molecule has 2 fully saturated rings. The first kappa shape index (κ1) is 19.2. The zero-order chi connectivity index (χ0) is 19.7. The molecule has 0 atom stereocenters. The second-order valence-electron chi connectivity index (χ2n) is 8.48. The van der Waals surface area contributed by atoms with Gasteiger partial charge in [-0.3, -0.25) is 0 Å². The number of nitrogen functional groups attached to an aromatic ring is 1. The average molecular weight is 372 g/mol. The van der Waals surface area contributed by atoms with E-state index < -0.39 is 0 Å². The maximum Gasteiger partial charge on any atom is 0.410 e. The highest BCUT2D eigenvalue weighted by atomic mass is 16.6. The fourth-order valence-electron chi connectivity index (χ4n) is 3.08. The molecule has 2 heterocycles. The normalized spacial score (nSPS) is 17.4. The fraction of sp³-hybridized carbons (Fsp3) is 0.550. The van der Waals surface area contributed by atoms with Gasteiger partial charge in [0, 0.05) is 24.3 Å². The quantitative estimate of drug-likeness (QED) is 0.759. The summed E-state index contributed by atoms with van der Waals surface area (Å²) in [6.45, 7) is 9.49. The lowest BCUT2D eigenvalue weighted by molar-refractivity contribution is 0.0286. The molecule has 0 unspecified atom stereocenters. The molecular weight excluding hydrogens is 344 g/mol. The maximum atomic E-state index is 11.7. The number of rotatable bonds is 1. The van der Waals surface area contributed by atoms with Crippen LogP contribution in [0.2, 0.25) is 0 Å². The van der Waals surface area contributed by atoms with E-state index in [4.69, 9.17) is 10.5 Å². The van der Waals surface area contributed by atoms with Gasteiger partial charge in [-0.15, -0.1) is 0 Å². The molecule has 0 radical (unpaired) electrons. The highest BCUT2D eigenvalue weighted by Crippen LogP contribution is 2.52. The number of hydrogen-bond acceptors (Lipinski definition) is 6. The summed E-state index contributed by atoms with van der Waals surface area (Å²) in [5.74, 6) is 0.562. The summed E-state index contributed by atoms with van der Waals surface area (Å²) in [7, 11) is 0.